The van der Waals surface area contributed by atoms with Crippen LogP contribution >= 0.6 is 0 Å². The molecule has 5 fully saturated rings. The molecule has 0 N–H and O–H groups in total. The van der Waals surface area contributed by atoms with Crippen molar-refractivity contribution in [1.29, 1.82) is 0 Å². The predicted octanol–water partition coefficient (Wildman–Crippen LogP) is 6.04. The lowest BCUT2D eigenvalue weighted by Crippen LogP contribution is -2.42. The van der Waals surface area contributed by atoms with E-state index in [-0.39, 0.29) is 48.6 Å². The Morgan fingerprint density at radius 2 is 1.35 bits per heavy atom. The Labute approximate surface area is 295 Å². The van der Waals surface area contributed by atoms with Crippen LogP contribution in [0.2, 0.25) is 0 Å². The van der Waals surface area contributed by atoms with Gasteiger partial charge in [0.25, 0.3) is 0 Å². The van der Waals surface area contributed by atoms with Gasteiger partial charge in [-0.15, -0.1) is 0 Å². The number of fused-ring (bicyclic) bond motifs is 2. The van der Waals surface area contributed by atoms with Crippen molar-refractivity contribution in [2.24, 2.45) is 23.7 Å². The smallest absolute Gasteiger partial charge is 0.363 e. The van der Waals surface area contributed by atoms with Crippen molar-refractivity contribution in [3.63, 3.8) is 0 Å². The first-order valence-electron chi connectivity index (χ1n) is 19.5. The Bertz CT molecular complexity index is 1450. The van der Waals surface area contributed by atoms with E-state index in [2.05, 4.69) is 28.6 Å². The molecule has 0 aromatic rings. The molecule has 0 aromatic heterocycles. The average molecular weight is 724 g/mol. The van der Waals surface area contributed by atoms with E-state index >= 15 is 0 Å². The van der Waals surface area contributed by atoms with E-state index in [1.807, 2.05) is 0 Å². The molecule has 4 saturated carbocycles. The van der Waals surface area contributed by atoms with Crippen LogP contribution in [0.3, 0.4) is 0 Å². The fourth-order valence-corrected chi connectivity index (χ4v) is 11.2. The van der Waals surface area contributed by atoms with Gasteiger partial charge in [-0.1, -0.05) is 71.1 Å². The summed E-state index contributed by atoms with van der Waals surface area (Å²) in [5.74, 6) is 3.50. The molecule has 49 heavy (non-hydrogen) atoms. The second kappa shape index (κ2) is 16.4. The molecule has 6 rings (SSSR count). The van der Waals surface area contributed by atoms with Gasteiger partial charge in [0.2, 0.25) is 0 Å². The highest BCUT2D eigenvalue weighted by Crippen LogP contribution is 2.45. The van der Waals surface area contributed by atoms with Crippen LogP contribution in [0, 0.1) is 23.7 Å². The predicted molar refractivity (Wildman–Crippen MR) is 187 cm³/mol. The molecule has 2 aliphatic heterocycles. The molecule has 10 nitrogen and oxygen atoms in total. The Morgan fingerprint density at radius 1 is 0.755 bits per heavy atom. The maximum atomic E-state index is 11.5. The van der Waals surface area contributed by atoms with Crippen LogP contribution in [0.4, 0.5) is 0 Å². The summed E-state index contributed by atoms with van der Waals surface area (Å²) in [7, 11) is -8.62. The SMILES string of the molecule is CCC(=CC1=[N+](CCCS(=O)(=O)[O-])C2CC(C3CCCCC3)CCC2O1)C=C1OC2CCC(C3CCCCC3)CC2N1CCCS(=O)(=O)[O-]. The molecule has 6 unspecified atom stereocenters. The minimum atomic E-state index is -4.31. The molecule has 12 heteroatoms. The highest BCUT2D eigenvalue weighted by Gasteiger charge is 2.48. The van der Waals surface area contributed by atoms with Gasteiger partial charge in [-0.05, 0) is 74.2 Å². The number of hydrogen-bond acceptors (Lipinski definition) is 9. The molecule has 6 atom stereocenters. The normalized spacial score (nSPS) is 33.0. The van der Waals surface area contributed by atoms with Crippen LogP contribution in [-0.4, -0.2) is 90.2 Å². The molecule has 0 radical (unpaired) electrons. The van der Waals surface area contributed by atoms with E-state index in [1.165, 1.54) is 64.2 Å². The first-order chi connectivity index (χ1) is 23.5. The molecule has 2 heterocycles. The van der Waals surface area contributed by atoms with Gasteiger partial charge in [0.1, 0.15) is 12.6 Å². The van der Waals surface area contributed by atoms with E-state index in [0.29, 0.717) is 31.3 Å². The Hall–Kier alpha value is -1.63. The van der Waals surface area contributed by atoms with Crippen molar-refractivity contribution in [3.8, 4) is 0 Å². The Morgan fingerprint density at radius 3 is 1.96 bits per heavy atom. The maximum Gasteiger partial charge on any atom is 0.363 e. The van der Waals surface area contributed by atoms with Gasteiger partial charge in [0.15, 0.2) is 18.0 Å². The summed E-state index contributed by atoms with van der Waals surface area (Å²) in [5, 5.41) is 0. The summed E-state index contributed by atoms with van der Waals surface area (Å²) in [4.78, 5) is 2.24. The zero-order chi connectivity index (χ0) is 34.6. The number of ether oxygens (including phenoxy) is 2. The molecule has 6 aliphatic rings. The van der Waals surface area contributed by atoms with Crippen molar-refractivity contribution in [1.82, 2.24) is 4.90 Å². The summed E-state index contributed by atoms with van der Waals surface area (Å²) < 4.78 is 84.7. The lowest BCUT2D eigenvalue weighted by molar-refractivity contribution is -0.563. The van der Waals surface area contributed by atoms with Crippen LogP contribution in [-0.2, 0) is 29.7 Å². The fraction of sp³-hybridized carbons (Fsp3) is 0.865. The van der Waals surface area contributed by atoms with Gasteiger partial charge >= 0.3 is 5.90 Å². The first kappa shape index (κ1) is 37.1. The number of hydrogen-bond donors (Lipinski definition) is 0. The minimum Gasteiger partial charge on any atom is -0.748 e. The topological polar surface area (TPSA) is 139 Å². The molecule has 1 saturated heterocycles. The van der Waals surface area contributed by atoms with E-state index in [9.17, 15) is 25.9 Å². The lowest BCUT2D eigenvalue weighted by Gasteiger charge is -2.39. The van der Waals surface area contributed by atoms with Crippen LogP contribution in [0.1, 0.15) is 129 Å². The van der Waals surface area contributed by atoms with E-state index < -0.39 is 20.2 Å². The number of allylic oxidation sites excluding steroid dienone is 2. The average Bonchev–Trinajstić information content (AvgIpc) is 3.60. The lowest BCUT2D eigenvalue weighted by atomic mass is 9.71. The fourth-order valence-electron chi connectivity index (χ4n) is 10.2. The Kier molecular flexibility index (Phi) is 12.4. The van der Waals surface area contributed by atoms with Gasteiger partial charge < -0.3 is 23.5 Å². The maximum absolute atomic E-state index is 11.5. The largest absolute Gasteiger partial charge is 0.748 e. The van der Waals surface area contributed by atoms with Crippen molar-refractivity contribution in [2.75, 3.05) is 24.6 Å². The number of rotatable bonds is 13. The van der Waals surface area contributed by atoms with E-state index in [1.54, 1.807) is 0 Å². The van der Waals surface area contributed by atoms with Gasteiger partial charge in [0, 0.05) is 37.0 Å². The molecule has 0 aromatic carbocycles. The first-order valence-corrected chi connectivity index (χ1v) is 22.7. The highest BCUT2D eigenvalue weighted by atomic mass is 32.2. The third-order valence-corrected chi connectivity index (χ3v) is 14.3. The summed E-state index contributed by atoms with van der Waals surface area (Å²) >= 11 is 0. The van der Waals surface area contributed by atoms with E-state index in [0.717, 1.165) is 67.7 Å². The van der Waals surface area contributed by atoms with Gasteiger partial charge in [-0.2, -0.15) is 4.58 Å². The molecule has 0 spiro atoms. The van der Waals surface area contributed by atoms with Crippen molar-refractivity contribution in [2.45, 2.75) is 153 Å². The highest BCUT2D eigenvalue weighted by molar-refractivity contribution is 7.85. The monoisotopic (exact) mass is 723 g/mol. The minimum absolute atomic E-state index is 0.0496. The zero-order valence-corrected chi connectivity index (χ0v) is 31.1. The third-order valence-electron chi connectivity index (χ3n) is 12.7. The molecule has 0 amide bonds. The van der Waals surface area contributed by atoms with Gasteiger partial charge in [-0.3, -0.25) is 0 Å². The molecular weight excluding hydrogens is 665 g/mol. The Balaban J connectivity index is 1.25. The second-order valence-electron chi connectivity index (χ2n) is 15.9. The number of nitrogens with zero attached hydrogens (tertiary/aromatic N) is 2. The second-order valence-corrected chi connectivity index (χ2v) is 18.9. The van der Waals surface area contributed by atoms with Gasteiger partial charge in [0.05, 0.1) is 32.4 Å². The van der Waals surface area contributed by atoms with Crippen LogP contribution in [0.25, 0.3) is 0 Å². The summed E-state index contributed by atoms with van der Waals surface area (Å²) in [6, 6.07) is 0.333. The van der Waals surface area contributed by atoms with Gasteiger partial charge in [-0.25, -0.2) is 16.8 Å². The third kappa shape index (κ3) is 9.83. The van der Waals surface area contributed by atoms with Crippen LogP contribution < -0.4 is 0 Å². The molecule has 0 bridgehead atoms. The molecule has 4 aliphatic carbocycles. The zero-order valence-electron chi connectivity index (χ0n) is 29.5. The van der Waals surface area contributed by atoms with Crippen LogP contribution in [0.15, 0.2) is 23.6 Å². The van der Waals surface area contributed by atoms with E-state index in [4.69, 9.17) is 9.47 Å². The van der Waals surface area contributed by atoms with Crippen molar-refractivity contribution < 1.29 is 40.0 Å². The molecular formula is C37H59N2O8S2-. The standard InChI is InChI=1S/C37H60N2O8S2/c1-2-27(23-36-38(19-9-21-48(40,41)42)32-25-30(15-17-34(32)46-36)28-11-5-3-6-12-28)24-37-39(20-10-22-49(43,44)45)33-26-31(16-18-35(33)47-37)29-13-7-4-8-14-29/h23-24,28-35H,2-22,25-26H2,1H3,(H-,40,41,42,43,44,45)/p-1. The van der Waals surface area contributed by atoms with Crippen LogP contribution in [0.5, 0.6) is 0 Å². The summed E-state index contributed by atoms with van der Waals surface area (Å²) in [5.41, 5.74) is 1.01. The molecule has 278 valence electrons. The summed E-state index contributed by atoms with van der Waals surface area (Å²) in [6.07, 6.45) is 24.9. The van der Waals surface area contributed by atoms with Crippen molar-refractivity contribution >= 4 is 26.1 Å². The van der Waals surface area contributed by atoms with Crippen molar-refractivity contribution in [3.05, 3.63) is 23.6 Å². The summed E-state index contributed by atoms with van der Waals surface area (Å²) in [6.45, 7) is 3.01. The quantitative estimate of drug-likeness (QED) is 0.164.